The van der Waals surface area contributed by atoms with E-state index >= 15 is 0 Å². The Bertz CT molecular complexity index is 1150. The Balaban J connectivity index is 1.50. The number of carbonyl (C=O) groups is 2. The summed E-state index contributed by atoms with van der Waals surface area (Å²) < 4.78 is 32.5. The summed E-state index contributed by atoms with van der Waals surface area (Å²) in [5.41, 5.74) is 1.79. The van der Waals surface area contributed by atoms with Crippen LogP contribution in [0.25, 0.3) is 0 Å². The number of aryl methyl sites for hydroxylation is 1. The summed E-state index contributed by atoms with van der Waals surface area (Å²) in [5, 5.41) is 3.33. The summed E-state index contributed by atoms with van der Waals surface area (Å²) in [6.45, 7) is 3.32. The minimum atomic E-state index is -3.69. The Morgan fingerprint density at radius 3 is 2.62 bits per heavy atom. The van der Waals surface area contributed by atoms with Crippen LogP contribution in [0.2, 0.25) is 5.02 Å². The van der Waals surface area contributed by atoms with Crippen molar-refractivity contribution in [1.82, 2.24) is 4.31 Å². The van der Waals surface area contributed by atoms with Gasteiger partial charge in [0, 0.05) is 42.5 Å². The number of morpholine rings is 1. The number of halogens is 1. The molecule has 1 N–H and O–H groups in total. The number of rotatable bonds is 5. The molecule has 0 spiro atoms. The van der Waals surface area contributed by atoms with Crippen molar-refractivity contribution in [1.29, 1.82) is 0 Å². The van der Waals surface area contributed by atoms with Crippen LogP contribution in [0, 0.1) is 12.8 Å². The number of carbonyl (C=O) groups excluding carboxylic acids is 2. The molecule has 0 bridgehead atoms. The summed E-state index contributed by atoms with van der Waals surface area (Å²) in [4.78, 5) is 27.1. The van der Waals surface area contributed by atoms with E-state index in [0.29, 0.717) is 42.7 Å². The molecule has 2 aliphatic rings. The van der Waals surface area contributed by atoms with E-state index in [1.807, 2.05) is 0 Å². The molecular weight excluding hydrogens is 454 g/mol. The second kappa shape index (κ2) is 9.19. The van der Waals surface area contributed by atoms with Crippen LogP contribution in [-0.2, 0) is 24.3 Å². The first kappa shape index (κ1) is 22.7. The van der Waals surface area contributed by atoms with E-state index in [9.17, 15) is 18.0 Å². The van der Waals surface area contributed by atoms with Crippen LogP contribution in [0.4, 0.5) is 11.4 Å². The van der Waals surface area contributed by atoms with Gasteiger partial charge in [0.25, 0.3) is 0 Å². The van der Waals surface area contributed by atoms with Gasteiger partial charge in [-0.05, 0) is 42.8 Å². The van der Waals surface area contributed by atoms with E-state index in [0.717, 1.165) is 5.56 Å². The van der Waals surface area contributed by atoms with Crippen molar-refractivity contribution in [3.63, 3.8) is 0 Å². The molecule has 2 amide bonds. The molecule has 0 radical (unpaired) electrons. The molecule has 2 aromatic rings. The van der Waals surface area contributed by atoms with Crippen molar-refractivity contribution < 1.29 is 22.7 Å². The summed E-state index contributed by atoms with van der Waals surface area (Å²) in [6, 6.07) is 11.6. The molecule has 0 saturated carbocycles. The fourth-order valence-corrected chi connectivity index (χ4v) is 5.46. The average Bonchev–Trinajstić information content (AvgIpc) is 3.17. The molecule has 10 heteroatoms. The summed E-state index contributed by atoms with van der Waals surface area (Å²) in [5.74, 6) is -1.04. The number of nitrogens with one attached hydrogen (secondary N) is 1. The molecule has 1 unspecified atom stereocenters. The van der Waals surface area contributed by atoms with Gasteiger partial charge >= 0.3 is 0 Å². The number of hydrogen-bond acceptors (Lipinski definition) is 5. The average molecular weight is 478 g/mol. The smallest absolute Gasteiger partial charge is 0.243 e. The minimum Gasteiger partial charge on any atom is -0.379 e. The highest BCUT2D eigenvalue weighted by molar-refractivity contribution is 7.89. The number of anilines is 2. The molecule has 2 saturated heterocycles. The molecule has 170 valence electrons. The second-order valence-corrected chi connectivity index (χ2v) is 10.2. The van der Waals surface area contributed by atoms with Crippen molar-refractivity contribution >= 4 is 44.8 Å². The standard InChI is InChI=1S/C22H24ClN3O5S/c1-15-5-6-19(32(29,30)25-7-9-31-10-8-25)13-20(15)24-22(28)16-11-21(27)26(14-16)18-4-2-3-17(23)12-18/h2-6,12-13,16H,7-11,14H2,1H3,(H,24,28). The Kier molecular flexibility index (Phi) is 6.52. The number of nitrogens with zero attached hydrogens (tertiary/aromatic N) is 2. The maximum atomic E-state index is 13.0. The highest BCUT2D eigenvalue weighted by Crippen LogP contribution is 2.29. The van der Waals surface area contributed by atoms with Gasteiger partial charge in [0.15, 0.2) is 0 Å². The second-order valence-electron chi connectivity index (χ2n) is 7.87. The van der Waals surface area contributed by atoms with Gasteiger partial charge in [-0.15, -0.1) is 0 Å². The lowest BCUT2D eigenvalue weighted by Gasteiger charge is -2.26. The van der Waals surface area contributed by atoms with Gasteiger partial charge in [0.1, 0.15) is 0 Å². The van der Waals surface area contributed by atoms with Crippen LogP contribution in [0.1, 0.15) is 12.0 Å². The first-order chi connectivity index (χ1) is 15.3. The molecule has 0 aliphatic carbocycles. The van der Waals surface area contributed by atoms with Crippen molar-refractivity contribution in [3.8, 4) is 0 Å². The van der Waals surface area contributed by atoms with Crippen LogP contribution < -0.4 is 10.2 Å². The van der Waals surface area contributed by atoms with Gasteiger partial charge in [-0.3, -0.25) is 9.59 Å². The number of ether oxygens (including phenoxy) is 1. The molecule has 2 heterocycles. The lowest BCUT2D eigenvalue weighted by molar-refractivity contribution is -0.122. The van der Waals surface area contributed by atoms with Crippen LogP contribution >= 0.6 is 11.6 Å². The van der Waals surface area contributed by atoms with Gasteiger partial charge in [-0.25, -0.2) is 8.42 Å². The van der Waals surface area contributed by atoms with E-state index < -0.39 is 15.9 Å². The SMILES string of the molecule is Cc1ccc(S(=O)(=O)N2CCOCC2)cc1NC(=O)C1CC(=O)N(c2cccc(Cl)c2)C1. The molecule has 4 rings (SSSR count). The normalized spacial score (nSPS) is 19.9. The lowest BCUT2D eigenvalue weighted by Crippen LogP contribution is -2.40. The largest absolute Gasteiger partial charge is 0.379 e. The van der Waals surface area contributed by atoms with Crippen molar-refractivity contribution in [2.24, 2.45) is 5.92 Å². The Hall–Kier alpha value is -2.46. The third kappa shape index (κ3) is 4.66. The summed E-state index contributed by atoms with van der Waals surface area (Å²) >= 11 is 6.03. The predicted molar refractivity (Wildman–Crippen MR) is 121 cm³/mol. The number of sulfonamides is 1. The maximum absolute atomic E-state index is 13.0. The quantitative estimate of drug-likeness (QED) is 0.714. The lowest BCUT2D eigenvalue weighted by atomic mass is 10.1. The fourth-order valence-electron chi connectivity index (χ4n) is 3.84. The van der Waals surface area contributed by atoms with Crippen molar-refractivity contribution in [2.45, 2.75) is 18.2 Å². The van der Waals surface area contributed by atoms with Crippen molar-refractivity contribution in [2.75, 3.05) is 43.1 Å². The first-order valence-corrected chi connectivity index (χ1v) is 12.1. The topological polar surface area (TPSA) is 96.0 Å². The molecule has 8 nitrogen and oxygen atoms in total. The maximum Gasteiger partial charge on any atom is 0.243 e. The third-order valence-electron chi connectivity index (χ3n) is 5.69. The summed E-state index contributed by atoms with van der Waals surface area (Å²) in [6.07, 6.45) is 0.0726. The van der Waals surface area contributed by atoms with E-state index in [1.54, 1.807) is 42.2 Å². The molecule has 32 heavy (non-hydrogen) atoms. The number of amides is 2. The highest BCUT2D eigenvalue weighted by Gasteiger charge is 2.35. The summed E-state index contributed by atoms with van der Waals surface area (Å²) in [7, 11) is -3.69. The predicted octanol–water partition coefficient (Wildman–Crippen LogP) is 2.66. The van der Waals surface area contributed by atoms with Gasteiger partial charge in [0.05, 0.1) is 24.0 Å². The zero-order chi connectivity index (χ0) is 22.9. The van der Waals surface area contributed by atoms with Crippen LogP contribution in [0.5, 0.6) is 0 Å². The molecule has 2 aromatic carbocycles. The van der Waals surface area contributed by atoms with Gasteiger partial charge in [0.2, 0.25) is 21.8 Å². The Labute approximate surface area is 192 Å². The zero-order valence-corrected chi connectivity index (χ0v) is 19.2. The van der Waals surface area contributed by atoms with E-state index in [2.05, 4.69) is 5.32 Å². The monoisotopic (exact) mass is 477 g/mol. The minimum absolute atomic E-state index is 0.0726. The molecule has 2 fully saturated rings. The zero-order valence-electron chi connectivity index (χ0n) is 17.6. The van der Waals surface area contributed by atoms with Gasteiger partial charge < -0.3 is 15.0 Å². The Morgan fingerprint density at radius 2 is 1.91 bits per heavy atom. The molecule has 0 aromatic heterocycles. The van der Waals surface area contributed by atoms with E-state index in [-0.39, 0.29) is 29.7 Å². The number of hydrogen-bond donors (Lipinski definition) is 1. The fraction of sp³-hybridized carbons (Fsp3) is 0.364. The molecule has 2 aliphatic heterocycles. The molecule has 1 atom stereocenters. The Morgan fingerprint density at radius 1 is 1.16 bits per heavy atom. The van der Waals surface area contributed by atoms with E-state index in [4.69, 9.17) is 16.3 Å². The first-order valence-electron chi connectivity index (χ1n) is 10.3. The number of benzene rings is 2. The molecular formula is C22H24ClN3O5S. The highest BCUT2D eigenvalue weighted by atomic mass is 35.5. The van der Waals surface area contributed by atoms with Gasteiger partial charge in [-0.2, -0.15) is 4.31 Å². The van der Waals surface area contributed by atoms with Crippen LogP contribution in [-0.4, -0.2) is 57.4 Å². The van der Waals surface area contributed by atoms with E-state index in [1.165, 1.54) is 16.4 Å². The van der Waals surface area contributed by atoms with Crippen LogP contribution in [0.3, 0.4) is 0 Å². The van der Waals surface area contributed by atoms with Gasteiger partial charge in [-0.1, -0.05) is 23.7 Å². The van der Waals surface area contributed by atoms with Crippen LogP contribution in [0.15, 0.2) is 47.4 Å². The third-order valence-corrected chi connectivity index (χ3v) is 7.82. The van der Waals surface area contributed by atoms with Crippen molar-refractivity contribution in [3.05, 3.63) is 53.1 Å².